The number of hydrogen-bond donors (Lipinski definition) is 2. The zero-order valence-electron chi connectivity index (χ0n) is 14.7. The van der Waals surface area contributed by atoms with E-state index in [0.29, 0.717) is 5.56 Å². The summed E-state index contributed by atoms with van der Waals surface area (Å²) in [4.78, 5) is 0. The van der Waals surface area contributed by atoms with E-state index in [1.807, 2.05) is 39.8 Å². The lowest BCUT2D eigenvalue weighted by molar-refractivity contribution is 0.466. The van der Waals surface area contributed by atoms with Crippen LogP contribution in [0, 0.1) is 27.7 Å². The lowest BCUT2D eigenvalue weighted by Crippen LogP contribution is -1.96. The van der Waals surface area contributed by atoms with Gasteiger partial charge in [-0.1, -0.05) is 18.2 Å². The summed E-state index contributed by atoms with van der Waals surface area (Å²) >= 11 is 0. The van der Waals surface area contributed by atoms with Crippen LogP contribution in [0.1, 0.15) is 22.3 Å². The standard InChI is InChI=1S/C16H18O2.H8O2Si3/c1-9-10(2)12(4)16(18)15(11(9)3)13-7-5-6-8-14(13)17;3-1-5-2-4/h5-8,17-18H,1-4H3;5H2,3-4H3. The first kappa shape index (κ1) is 19.7. The van der Waals surface area contributed by atoms with Crippen LogP contribution in [0.4, 0.5) is 0 Å². The first-order valence-corrected chi connectivity index (χ1v) is 10.2. The van der Waals surface area contributed by atoms with Crippen LogP contribution in [0.5, 0.6) is 11.5 Å². The molecule has 0 spiro atoms. The molecule has 0 bridgehead atoms. The van der Waals surface area contributed by atoms with Gasteiger partial charge in [-0.25, -0.2) is 0 Å². The third-order valence-corrected chi connectivity index (χ3v) is 5.95. The fraction of sp³-hybridized carbons (Fsp3) is 0.250. The summed E-state index contributed by atoms with van der Waals surface area (Å²) in [6.07, 6.45) is 0. The van der Waals surface area contributed by atoms with E-state index in [4.69, 9.17) is 8.23 Å². The van der Waals surface area contributed by atoms with E-state index in [2.05, 4.69) is 0 Å². The summed E-state index contributed by atoms with van der Waals surface area (Å²) in [5.74, 6) is 0.454. The Bertz CT molecular complexity index is 644. The van der Waals surface area contributed by atoms with Crippen molar-refractivity contribution in [3.63, 3.8) is 0 Å². The summed E-state index contributed by atoms with van der Waals surface area (Å²) < 4.78 is 9.56. The third kappa shape index (κ3) is 4.55. The number of phenols is 2. The molecule has 0 aliphatic heterocycles. The fourth-order valence-corrected chi connectivity index (χ4v) is 5.49. The molecule has 2 N–H and O–H groups in total. The minimum absolute atomic E-state index is 0.193. The van der Waals surface area contributed by atoms with Crippen LogP contribution < -0.4 is 0 Å². The highest BCUT2D eigenvalue weighted by Gasteiger charge is 2.17. The van der Waals surface area contributed by atoms with Crippen LogP contribution in [0.3, 0.4) is 0 Å². The van der Waals surface area contributed by atoms with Crippen molar-refractivity contribution in [2.24, 2.45) is 0 Å². The molecule has 0 unspecified atom stereocenters. The molecular formula is C16H26O4Si3. The molecule has 0 radical (unpaired) electrons. The largest absolute Gasteiger partial charge is 0.507 e. The maximum Gasteiger partial charge on any atom is 0.282 e. The van der Waals surface area contributed by atoms with Gasteiger partial charge in [0.05, 0.1) is 0 Å². The smallest absolute Gasteiger partial charge is 0.282 e. The van der Waals surface area contributed by atoms with E-state index in [0.717, 1.165) is 48.8 Å². The molecule has 0 saturated carbocycles. The first-order chi connectivity index (χ1) is 10.9. The Morgan fingerprint density at radius 2 is 1.35 bits per heavy atom. The van der Waals surface area contributed by atoms with Crippen molar-refractivity contribution in [2.45, 2.75) is 27.7 Å². The van der Waals surface area contributed by atoms with Crippen molar-refractivity contribution >= 4 is 31.0 Å². The maximum atomic E-state index is 10.4. The van der Waals surface area contributed by atoms with Crippen LogP contribution in [-0.2, 0) is 8.23 Å². The predicted molar refractivity (Wildman–Crippen MR) is 105 cm³/mol. The van der Waals surface area contributed by atoms with E-state index in [1.54, 1.807) is 12.1 Å². The molecule has 126 valence electrons. The van der Waals surface area contributed by atoms with E-state index < -0.39 is 10.0 Å². The van der Waals surface area contributed by atoms with Crippen molar-refractivity contribution in [3.05, 3.63) is 46.5 Å². The van der Waals surface area contributed by atoms with Gasteiger partial charge >= 0.3 is 0 Å². The lowest BCUT2D eigenvalue weighted by Gasteiger charge is -2.18. The van der Waals surface area contributed by atoms with E-state index >= 15 is 0 Å². The quantitative estimate of drug-likeness (QED) is 0.780. The predicted octanol–water partition coefficient (Wildman–Crippen LogP) is 0.578. The van der Waals surface area contributed by atoms with Crippen LogP contribution in [0.25, 0.3) is 11.1 Å². The second kappa shape index (κ2) is 9.04. The molecule has 0 atom stereocenters. The topological polar surface area (TPSA) is 58.9 Å². The zero-order valence-corrected chi connectivity index (χ0v) is 20.1. The Hall–Kier alpha value is -1.39. The van der Waals surface area contributed by atoms with E-state index in [1.165, 1.54) is 0 Å². The number of phenolic OH excluding ortho intramolecular Hbond substituents is 2. The van der Waals surface area contributed by atoms with Crippen LogP contribution in [0.2, 0.25) is 0 Å². The molecule has 2 rings (SSSR count). The molecule has 2 aromatic carbocycles. The Morgan fingerprint density at radius 1 is 0.826 bits per heavy atom. The molecule has 2 aromatic rings. The van der Waals surface area contributed by atoms with Gasteiger partial charge in [-0.05, 0) is 56.0 Å². The minimum atomic E-state index is -0.444. The van der Waals surface area contributed by atoms with E-state index in [-0.39, 0.29) is 11.5 Å². The minimum Gasteiger partial charge on any atom is -0.507 e. The zero-order chi connectivity index (χ0) is 17.6. The molecule has 4 nitrogen and oxygen atoms in total. The maximum absolute atomic E-state index is 10.4. The number of rotatable bonds is 3. The average Bonchev–Trinajstić information content (AvgIpc) is 2.54. The van der Waals surface area contributed by atoms with Crippen molar-refractivity contribution < 1.29 is 18.4 Å². The highest BCUT2D eigenvalue weighted by Crippen LogP contribution is 2.42. The highest BCUT2D eigenvalue weighted by atomic mass is 28.3. The molecule has 7 heteroatoms. The SMILES string of the molecule is Cc1c(C)c(C)c(-c2ccccc2O)c(O)c1C.[SiH3]O[SiH2]O[SiH3]. The van der Waals surface area contributed by atoms with Gasteiger partial charge in [0.1, 0.15) is 32.5 Å². The van der Waals surface area contributed by atoms with Gasteiger partial charge in [0.15, 0.2) is 0 Å². The van der Waals surface area contributed by atoms with Crippen molar-refractivity contribution in [1.82, 2.24) is 0 Å². The molecule has 0 saturated heterocycles. The monoisotopic (exact) mass is 366 g/mol. The molecule has 0 fully saturated rings. The molecule has 0 heterocycles. The molecule has 0 amide bonds. The summed E-state index contributed by atoms with van der Waals surface area (Å²) in [6.45, 7) is 7.93. The molecular weight excluding hydrogens is 340 g/mol. The summed E-state index contributed by atoms with van der Waals surface area (Å²) in [6, 6.07) is 7.10. The Morgan fingerprint density at radius 3 is 1.83 bits per heavy atom. The van der Waals surface area contributed by atoms with Crippen molar-refractivity contribution in [1.29, 1.82) is 0 Å². The second-order valence-electron chi connectivity index (χ2n) is 5.44. The Labute approximate surface area is 146 Å². The van der Waals surface area contributed by atoms with Crippen LogP contribution in [0.15, 0.2) is 24.3 Å². The molecule has 23 heavy (non-hydrogen) atoms. The first-order valence-electron chi connectivity index (χ1n) is 7.42. The van der Waals surface area contributed by atoms with E-state index in [9.17, 15) is 10.2 Å². The highest BCUT2D eigenvalue weighted by molar-refractivity contribution is 6.33. The number of aromatic hydroxyl groups is 2. The van der Waals surface area contributed by atoms with Crippen LogP contribution >= 0.6 is 0 Å². The van der Waals surface area contributed by atoms with Crippen LogP contribution in [-0.4, -0.2) is 41.2 Å². The molecule has 0 aromatic heterocycles. The summed E-state index contributed by atoms with van der Waals surface area (Å²) in [7, 11) is 1.27. The lowest BCUT2D eigenvalue weighted by atomic mass is 9.89. The third-order valence-electron chi connectivity index (χ3n) is 4.06. The van der Waals surface area contributed by atoms with Gasteiger partial charge in [0, 0.05) is 11.1 Å². The molecule has 0 aliphatic carbocycles. The second-order valence-corrected chi connectivity index (χ2v) is 10.3. The fourth-order valence-electron chi connectivity index (χ4n) is 2.43. The average molecular weight is 367 g/mol. The van der Waals surface area contributed by atoms with Gasteiger partial charge in [-0.2, -0.15) is 0 Å². The summed E-state index contributed by atoms with van der Waals surface area (Å²) in [5, 5.41) is 20.3. The normalized spacial score (nSPS) is 11.0. The number of hydrogen-bond acceptors (Lipinski definition) is 4. The van der Waals surface area contributed by atoms with Gasteiger partial charge in [-0.3, -0.25) is 0 Å². The Kier molecular flexibility index (Phi) is 7.73. The van der Waals surface area contributed by atoms with Crippen molar-refractivity contribution in [3.8, 4) is 22.6 Å². The summed E-state index contributed by atoms with van der Waals surface area (Å²) in [5.41, 5.74) is 5.55. The number of benzene rings is 2. The van der Waals surface area contributed by atoms with Gasteiger partial charge in [0.25, 0.3) is 10.0 Å². The number of para-hydroxylation sites is 1. The van der Waals surface area contributed by atoms with Gasteiger partial charge in [0.2, 0.25) is 0 Å². The van der Waals surface area contributed by atoms with Crippen molar-refractivity contribution in [2.75, 3.05) is 0 Å². The van der Waals surface area contributed by atoms with Gasteiger partial charge in [-0.15, -0.1) is 0 Å². The Balaban J connectivity index is 0.000000463. The van der Waals surface area contributed by atoms with Gasteiger partial charge < -0.3 is 18.4 Å². The molecule has 0 aliphatic rings.